The smallest absolute Gasteiger partial charge is 0.252 e. The Morgan fingerprint density at radius 3 is 2.85 bits per heavy atom. The van der Waals surface area contributed by atoms with Crippen LogP contribution < -0.4 is 5.32 Å². The van der Waals surface area contributed by atoms with E-state index < -0.39 is 0 Å². The van der Waals surface area contributed by atoms with Crippen molar-refractivity contribution in [3.05, 3.63) is 76.0 Å². The summed E-state index contributed by atoms with van der Waals surface area (Å²) in [7, 11) is 0. The first kappa shape index (κ1) is 17.4. The van der Waals surface area contributed by atoms with Crippen molar-refractivity contribution in [2.75, 3.05) is 0 Å². The minimum absolute atomic E-state index is 0.120. The van der Waals surface area contributed by atoms with Gasteiger partial charge in [0.1, 0.15) is 0 Å². The third-order valence-corrected chi connectivity index (χ3v) is 5.28. The highest BCUT2D eigenvalue weighted by Crippen LogP contribution is 2.21. The molecule has 0 aliphatic carbocycles. The standard InChI is InChI=1S/C20H19N5OS/c1-13-10-17(20(26)24-14(2)15-5-7-21-8-6-15)18-11-22-25(19(18)23-13)12-16-4-3-9-27-16/h3-11,14H,12H2,1-2H3,(H,24,26). The number of fused-ring (bicyclic) bond motifs is 1. The summed E-state index contributed by atoms with van der Waals surface area (Å²) < 4.78 is 1.84. The van der Waals surface area contributed by atoms with Gasteiger partial charge in [-0.15, -0.1) is 11.3 Å². The Morgan fingerprint density at radius 1 is 1.30 bits per heavy atom. The molecule has 27 heavy (non-hydrogen) atoms. The molecular weight excluding hydrogens is 358 g/mol. The molecule has 4 aromatic rings. The lowest BCUT2D eigenvalue weighted by molar-refractivity contribution is 0.0941. The minimum atomic E-state index is -0.134. The third kappa shape index (κ3) is 3.59. The molecule has 4 rings (SSSR count). The molecule has 4 heterocycles. The Balaban J connectivity index is 1.65. The van der Waals surface area contributed by atoms with Crippen LogP contribution in [0.2, 0.25) is 0 Å². The second-order valence-electron chi connectivity index (χ2n) is 6.41. The topological polar surface area (TPSA) is 72.7 Å². The molecule has 4 aromatic heterocycles. The van der Waals surface area contributed by atoms with Crippen molar-refractivity contribution in [2.24, 2.45) is 0 Å². The van der Waals surface area contributed by atoms with E-state index in [1.165, 1.54) is 4.88 Å². The van der Waals surface area contributed by atoms with Crippen molar-refractivity contribution in [3.8, 4) is 0 Å². The van der Waals surface area contributed by atoms with E-state index in [4.69, 9.17) is 0 Å². The van der Waals surface area contributed by atoms with Gasteiger partial charge in [0.15, 0.2) is 5.65 Å². The van der Waals surface area contributed by atoms with Gasteiger partial charge in [0.25, 0.3) is 5.91 Å². The summed E-state index contributed by atoms with van der Waals surface area (Å²) in [5.41, 5.74) is 3.12. The summed E-state index contributed by atoms with van der Waals surface area (Å²) in [6, 6.07) is 9.58. The Bertz CT molecular complexity index is 1070. The fourth-order valence-electron chi connectivity index (χ4n) is 3.04. The number of carbonyl (C=O) groups excluding carboxylic acids is 1. The van der Waals surface area contributed by atoms with Gasteiger partial charge in [0.2, 0.25) is 0 Å². The first-order valence-corrected chi connectivity index (χ1v) is 9.56. The van der Waals surface area contributed by atoms with Crippen LogP contribution >= 0.6 is 11.3 Å². The van der Waals surface area contributed by atoms with Crippen molar-refractivity contribution in [1.29, 1.82) is 0 Å². The highest BCUT2D eigenvalue weighted by molar-refractivity contribution is 7.09. The molecular formula is C20H19N5OS. The highest BCUT2D eigenvalue weighted by Gasteiger charge is 2.18. The van der Waals surface area contributed by atoms with Crippen LogP contribution in [-0.4, -0.2) is 25.7 Å². The Hall–Kier alpha value is -3.06. The molecule has 0 aliphatic heterocycles. The number of amides is 1. The molecule has 1 atom stereocenters. The van der Waals surface area contributed by atoms with E-state index in [1.807, 2.05) is 48.2 Å². The van der Waals surface area contributed by atoms with Crippen molar-refractivity contribution < 1.29 is 4.79 Å². The van der Waals surface area contributed by atoms with Gasteiger partial charge >= 0.3 is 0 Å². The maximum absolute atomic E-state index is 12.9. The van der Waals surface area contributed by atoms with Gasteiger partial charge in [-0.3, -0.25) is 9.78 Å². The zero-order chi connectivity index (χ0) is 18.8. The number of nitrogens with zero attached hydrogens (tertiary/aromatic N) is 4. The van der Waals surface area contributed by atoms with Gasteiger partial charge in [-0.25, -0.2) is 9.67 Å². The number of carbonyl (C=O) groups is 1. The van der Waals surface area contributed by atoms with Gasteiger partial charge in [-0.05, 0) is 49.1 Å². The van der Waals surface area contributed by atoms with Gasteiger partial charge < -0.3 is 5.32 Å². The van der Waals surface area contributed by atoms with E-state index in [-0.39, 0.29) is 11.9 Å². The maximum atomic E-state index is 12.9. The van der Waals surface area contributed by atoms with Crippen LogP contribution in [0.1, 0.15) is 39.5 Å². The van der Waals surface area contributed by atoms with E-state index in [9.17, 15) is 4.79 Å². The molecule has 0 spiro atoms. The summed E-state index contributed by atoms with van der Waals surface area (Å²) in [5.74, 6) is -0.134. The van der Waals surface area contributed by atoms with Gasteiger partial charge in [-0.1, -0.05) is 6.07 Å². The molecule has 1 N–H and O–H groups in total. The maximum Gasteiger partial charge on any atom is 0.252 e. The Labute approximate surface area is 160 Å². The molecule has 0 saturated carbocycles. The fourth-order valence-corrected chi connectivity index (χ4v) is 3.72. The van der Waals surface area contributed by atoms with Crippen LogP contribution in [0.5, 0.6) is 0 Å². The number of hydrogen-bond acceptors (Lipinski definition) is 5. The molecule has 0 bridgehead atoms. The summed E-state index contributed by atoms with van der Waals surface area (Å²) in [4.78, 5) is 22.8. The second-order valence-corrected chi connectivity index (χ2v) is 7.44. The predicted molar refractivity (Wildman–Crippen MR) is 106 cm³/mol. The van der Waals surface area contributed by atoms with Crippen molar-refractivity contribution >= 4 is 28.3 Å². The quantitative estimate of drug-likeness (QED) is 0.575. The number of thiophene rings is 1. The summed E-state index contributed by atoms with van der Waals surface area (Å²) in [6.07, 6.45) is 5.17. The van der Waals surface area contributed by atoms with Crippen LogP contribution in [0.4, 0.5) is 0 Å². The van der Waals surface area contributed by atoms with E-state index in [0.717, 1.165) is 22.3 Å². The second kappa shape index (κ2) is 7.28. The molecule has 6 nitrogen and oxygen atoms in total. The number of aromatic nitrogens is 4. The van der Waals surface area contributed by atoms with Crippen LogP contribution in [0.3, 0.4) is 0 Å². The molecule has 136 valence electrons. The largest absolute Gasteiger partial charge is 0.345 e. The first-order chi connectivity index (χ1) is 13.1. The van der Waals surface area contributed by atoms with Gasteiger partial charge in [0.05, 0.1) is 29.7 Å². The van der Waals surface area contributed by atoms with E-state index in [0.29, 0.717) is 12.1 Å². The fraction of sp³-hybridized carbons (Fsp3) is 0.200. The normalized spacial score (nSPS) is 12.2. The molecule has 0 radical (unpaired) electrons. The van der Waals surface area contributed by atoms with E-state index in [2.05, 4.69) is 26.4 Å². The average molecular weight is 377 g/mol. The van der Waals surface area contributed by atoms with Crippen LogP contribution in [0.25, 0.3) is 11.0 Å². The molecule has 0 aliphatic rings. The lowest BCUT2D eigenvalue weighted by Gasteiger charge is -2.14. The first-order valence-electron chi connectivity index (χ1n) is 8.68. The van der Waals surface area contributed by atoms with Gasteiger partial charge in [-0.2, -0.15) is 5.10 Å². The highest BCUT2D eigenvalue weighted by atomic mass is 32.1. The number of nitrogens with one attached hydrogen (secondary N) is 1. The summed E-state index contributed by atoms with van der Waals surface area (Å²) >= 11 is 1.68. The molecule has 1 unspecified atom stereocenters. The Kier molecular flexibility index (Phi) is 4.68. The molecule has 0 saturated heterocycles. The lowest BCUT2D eigenvalue weighted by atomic mass is 10.1. The third-order valence-electron chi connectivity index (χ3n) is 4.42. The average Bonchev–Trinajstić information content (AvgIpc) is 3.32. The molecule has 7 heteroatoms. The summed E-state index contributed by atoms with van der Waals surface area (Å²) in [5, 5.41) is 10.3. The molecule has 0 fully saturated rings. The monoisotopic (exact) mass is 377 g/mol. The van der Waals surface area contributed by atoms with Crippen LogP contribution in [0.15, 0.2) is 54.3 Å². The van der Waals surface area contributed by atoms with Crippen molar-refractivity contribution in [3.63, 3.8) is 0 Å². The molecule has 0 aromatic carbocycles. The van der Waals surface area contributed by atoms with Crippen molar-refractivity contribution in [2.45, 2.75) is 26.4 Å². The number of hydrogen-bond donors (Lipinski definition) is 1. The predicted octanol–water partition coefficient (Wildman–Crippen LogP) is 3.74. The van der Waals surface area contributed by atoms with Crippen LogP contribution in [0, 0.1) is 6.92 Å². The Morgan fingerprint density at radius 2 is 2.11 bits per heavy atom. The van der Waals surface area contributed by atoms with Crippen molar-refractivity contribution in [1.82, 2.24) is 25.1 Å². The SMILES string of the molecule is Cc1cc(C(=O)NC(C)c2ccncc2)c2cnn(Cc3cccs3)c2n1. The zero-order valence-corrected chi connectivity index (χ0v) is 15.9. The molecule has 1 amide bonds. The van der Waals surface area contributed by atoms with E-state index in [1.54, 1.807) is 29.9 Å². The number of aryl methyl sites for hydroxylation is 1. The number of rotatable bonds is 5. The zero-order valence-electron chi connectivity index (χ0n) is 15.1. The number of pyridine rings is 2. The van der Waals surface area contributed by atoms with Gasteiger partial charge in [0, 0.05) is 23.0 Å². The van der Waals surface area contributed by atoms with E-state index >= 15 is 0 Å². The van der Waals surface area contributed by atoms with Crippen LogP contribution in [-0.2, 0) is 6.54 Å². The summed E-state index contributed by atoms with van der Waals surface area (Å²) in [6.45, 7) is 4.50. The lowest BCUT2D eigenvalue weighted by Crippen LogP contribution is -2.27. The minimum Gasteiger partial charge on any atom is -0.345 e.